The average molecular weight is 248 g/mol. The van der Waals surface area contributed by atoms with Gasteiger partial charge in [0.15, 0.2) is 0 Å². The number of azide groups is 1. The molecule has 0 saturated heterocycles. The van der Waals surface area contributed by atoms with Gasteiger partial charge in [-0.1, -0.05) is 0 Å². The third kappa shape index (κ3) is 1.78. The number of benzene rings is 1. The highest BCUT2D eigenvalue weighted by Gasteiger charge is 2.14. The number of rotatable bonds is 2. The molecule has 0 N–H and O–H groups in total. The van der Waals surface area contributed by atoms with Crippen LogP contribution in [0, 0.1) is 11.3 Å². The van der Waals surface area contributed by atoms with Crippen LogP contribution < -0.4 is 0 Å². The Morgan fingerprint density at radius 1 is 1.53 bits per heavy atom. The van der Waals surface area contributed by atoms with Gasteiger partial charge in [-0.25, -0.2) is 8.96 Å². The second-order valence-electron chi connectivity index (χ2n) is 3.00. The molecular formula is C8H4N6O2S. The van der Waals surface area contributed by atoms with Gasteiger partial charge in [0.05, 0.1) is 27.2 Å². The van der Waals surface area contributed by atoms with Crippen molar-refractivity contribution in [3.05, 3.63) is 40.5 Å². The van der Waals surface area contributed by atoms with Crippen LogP contribution >= 0.6 is 0 Å². The number of aromatic nitrogens is 2. The van der Waals surface area contributed by atoms with Gasteiger partial charge in [-0.2, -0.15) is 13.7 Å². The Hall–Kier alpha value is -2.56. The SMILES string of the molecule is N#Cc1ccc2c(c1)ncn2S(=O)(=O)N=[N+]=[N-]. The number of hydrogen-bond acceptors (Lipinski definition) is 4. The van der Waals surface area contributed by atoms with Gasteiger partial charge in [0.25, 0.3) is 0 Å². The Kier molecular flexibility index (Phi) is 2.44. The highest BCUT2D eigenvalue weighted by atomic mass is 32.2. The fourth-order valence-electron chi connectivity index (χ4n) is 1.33. The van der Waals surface area contributed by atoms with Crippen LogP contribution in [-0.4, -0.2) is 17.4 Å². The van der Waals surface area contributed by atoms with Crippen molar-refractivity contribution < 1.29 is 8.42 Å². The van der Waals surface area contributed by atoms with Gasteiger partial charge in [-0.05, 0) is 23.7 Å². The molecule has 0 aliphatic rings. The Bertz CT molecular complexity index is 778. The summed E-state index contributed by atoms with van der Waals surface area (Å²) in [6.45, 7) is 0. The molecule has 0 aliphatic carbocycles. The molecule has 0 unspecified atom stereocenters. The lowest BCUT2D eigenvalue weighted by atomic mass is 10.2. The first kappa shape index (κ1) is 10.9. The lowest BCUT2D eigenvalue weighted by molar-refractivity contribution is 0.590. The molecule has 0 radical (unpaired) electrons. The minimum atomic E-state index is -4.13. The molecule has 2 rings (SSSR count). The topological polar surface area (TPSA) is 125 Å². The summed E-state index contributed by atoms with van der Waals surface area (Å²) in [5.74, 6) is 0. The summed E-state index contributed by atoms with van der Waals surface area (Å²) in [6, 6.07) is 6.23. The minimum Gasteiger partial charge on any atom is -0.236 e. The standard InChI is InChI=1S/C8H4N6O2S/c9-4-6-1-2-8-7(3-6)11-5-14(8)17(15,16)13-12-10/h1-3,5H. The third-order valence-corrected chi connectivity index (χ3v) is 3.10. The van der Waals surface area contributed by atoms with E-state index in [0.29, 0.717) is 11.1 Å². The first-order valence-corrected chi connectivity index (χ1v) is 5.67. The van der Waals surface area contributed by atoms with Crippen molar-refractivity contribution in [2.75, 3.05) is 0 Å². The van der Waals surface area contributed by atoms with Crippen molar-refractivity contribution in [2.24, 2.45) is 4.52 Å². The zero-order valence-corrected chi connectivity index (χ0v) is 9.03. The van der Waals surface area contributed by atoms with Crippen LogP contribution in [0.3, 0.4) is 0 Å². The summed E-state index contributed by atoms with van der Waals surface area (Å²) in [6.07, 6.45) is 1.02. The fourth-order valence-corrected chi connectivity index (χ4v) is 2.07. The Morgan fingerprint density at radius 2 is 2.29 bits per heavy atom. The molecule has 2 aromatic rings. The average Bonchev–Trinajstić information content (AvgIpc) is 2.72. The second-order valence-corrected chi connectivity index (χ2v) is 4.46. The molecular weight excluding hydrogens is 244 g/mol. The van der Waals surface area contributed by atoms with Crippen LogP contribution in [0.4, 0.5) is 0 Å². The van der Waals surface area contributed by atoms with Crippen molar-refractivity contribution in [3.63, 3.8) is 0 Å². The monoisotopic (exact) mass is 248 g/mol. The van der Waals surface area contributed by atoms with Crippen LogP contribution in [0.2, 0.25) is 0 Å². The molecule has 0 bridgehead atoms. The van der Waals surface area contributed by atoms with E-state index in [1.165, 1.54) is 18.2 Å². The van der Waals surface area contributed by atoms with Gasteiger partial charge in [-0.15, -0.1) is 0 Å². The smallest absolute Gasteiger partial charge is 0.236 e. The normalized spacial score (nSPS) is 10.8. The minimum absolute atomic E-state index is 0.247. The third-order valence-electron chi connectivity index (χ3n) is 2.03. The highest BCUT2D eigenvalue weighted by Crippen LogP contribution is 2.17. The van der Waals surface area contributed by atoms with Gasteiger partial charge in [0.2, 0.25) is 0 Å². The molecule has 17 heavy (non-hydrogen) atoms. The molecule has 0 atom stereocenters. The maximum Gasteiger partial charge on any atom is 0.329 e. The largest absolute Gasteiger partial charge is 0.329 e. The predicted octanol–water partition coefficient (Wildman–Crippen LogP) is 1.31. The van der Waals surface area contributed by atoms with Gasteiger partial charge < -0.3 is 0 Å². The Balaban J connectivity index is 2.75. The summed E-state index contributed by atoms with van der Waals surface area (Å²) in [5.41, 5.74) is 9.10. The fraction of sp³-hybridized carbons (Fsp3) is 0. The van der Waals surface area contributed by atoms with Gasteiger partial charge >= 0.3 is 10.2 Å². The first-order valence-electron chi connectivity index (χ1n) is 4.27. The van der Waals surface area contributed by atoms with Crippen LogP contribution in [0.5, 0.6) is 0 Å². The predicted molar refractivity (Wildman–Crippen MR) is 57.9 cm³/mol. The van der Waals surface area contributed by atoms with Crippen LogP contribution in [0.1, 0.15) is 5.56 Å². The van der Waals surface area contributed by atoms with E-state index in [9.17, 15) is 8.42 Å². The van der Waals surface area contributed by atoms with E-state index in [0.717, 1.165) is 10.3 Å². The van der Waals surface area contributed by atoms with Gasteiger partial charge in [-0.3, -0.25) is 0 Å². The Labute approximate surface area is 95.5 Å². The van der Waals surface area contributed by atoms with Crippen molar-refractivity contribution in [1.82, 2.24) is 8.96 Å². The van der Waals surface area contributed by atoms with E-state index in [1.807, 2.05) is 6.07 Å². The highest BCUT2D eigenvalue weighted by molar-refractivity contribution is 7.88. The quantitative estimate of drug-likeness (QED) is 0.451. The molecule has 84 valence electrons. The maximum absolute atomic E-state index is 11.5. The summed E-state index contributed by atoms with van der Waals surface area (Å²) >= 11 is 0. The lowest BCUT2D eigenvalue weighted by Gasteiger charge is -1.98. The number of fused-ring (bicyclic) bond motifs is 1. The van der Waals surface area contributed by atoms with Crippen molar-refractivity contribution in [2.45, 2.75) is 0 Å². The second kappa shape index (κ2) is 3.79. The molecule has 0 fully saturated rings. The summed E-state index contributed by atoms with van der Waals surface area (Å²) in [5, 5.41) is 8.68. The molecule has 0 aliphatic heterocycles. The van der Waals surface area contributed by atoms with E-state index in [-0.39, 0.29) is 5.52 Å². The summed E-state index contributed by atoms with van der Waals surface area (Å²) in [4.78, 5) is 6.07. The Morgan fingerprint density at radius 3 is 2.94 bits per heavy atom. The number of imidazole rings is 1. The molecule has 0 amide bonds. The summed E-state index contributed by atoms with van der Waals surface area (Å²) < 4.78 is 26.5. The van der Waals surface area contributed by atoms with Crippen LogP contribution in [0.25, 0.3) is 21.5 Å². The molecule has 1 aromatic carbocycles. The van der Waals surface area contributed by atoms with Crippen LogP contribution in [-0.2, 0) is 10.2 Å². The molecule has 0 spiro atoms. The number of nitriles is 1. The molecule has 8 nitrogen and oxygen atoms in total. The number of nitrogens with zero attached hydrogens (tertiary/aromatic N) is 6. The van der Waals surface area contributed by atoms with Crippen molar-refractivity contribution in [1.29, 1.82) is 5.26 Å². The summed E-state index contributed by atoms with van der Waals surface area (Å²) in [7, 11) is -4.13. The lowest BCUT2D eigenvalue weighted by Crippen LogP contribution is -2.06. The zero-order valence-electron chi connectivity index (χ0n) is 8.22. The van der Waals surface area contributed by atoms with E-state index < -0.39 is 10.2 Å². The van der Waals surface area contributed by atoms with E-state index in [1.54, 1.807) is 0 Å². The zero-order chi connectivity index (χ0) is 12.5. The molecule has 9 heteroatoms. The van der Waals surface area contributed by atoms with E-state index in [2.05, 4.69) is 14.4 Å². The van der Waals surface area contributed by atoms with E-state index in [4.69, 9.17) is 10.8 Å². The van der Waals surface area contributed by atoms with Crippen molar-refractivity contribution in [3.8, 4) is 6.07 Å². The first-order chi connectivity index (χ1) is 8.08. The van der Waals surface area contributed by atoms with E-state index >= 15 is 0 Å². The van der Waals surface area contributed by atoms with Crippen LogP contribution in [0.15, 0.2) is 29.0 Å². The molecule has 0 saturated carbocycles. The van der Waals surface area contributed by atoms with Crippen molar-refractivity contribution >= 4 is 21.2 Å². The molecule has 1 heterocycles. The molecule has 1 aromatic heterocycles. The number of hydrogen-bond donors (Lipinski definition) is 0. The van der Waals surface area contributed by atoms with Gasteiger partial charge in [0.1, 0.15) is 6.33 Å². The maximum atomic E-state index is 11.5. The van der Waals surface area contributed by atoms with Gasteiger partial charge in [0, 0.05) is 4.91 Å².